The second-order valence-corrected chi connectivity index (χ2v) is 6.30. The normalized spacial score (nSPS) is 13.8. The van der Waals surface area contributed by atoms with E-state index in [-0.39, 0.29) is 18.1 Å². The highest BCUT2D eigenvalue weighted by atomic mass is 32.1. The Labute approximate surface area is 136 Å². The summed E-state index contributed by atoms with van der Waals surface area (Å²) >= 11 is 1.47. The summed E-state index contributed by atoms with van der Waals surface area (Å²) < 4.78 is 1.53. The third-order valence-corrected chi connectivity index (χ3v) is 4.70. The zero-order chi connectivity index (χ0) is 15.8. The summed E-state index contributed by atoms with van der Waals surface area (Å²) in [7, 11) is 0. The summed E-state index contributed by atoms with van der Waals surface area (Å²) in [6.45, 7) is 0.843. The Kier molecular flexibility index (Phi) is 3.34. The Morgan fingerprint density at radius 3 is 3.00 bits per heavy atom. The van der Waals surface area contributed by atoms with Crippen molar-refractivity contribution in [3.05, 3.63) is 63.5 Å². The van der Waals surface area contributed by atoms with Gasteiger partial charge in [-0.2, -0.15) is 0 Å². The quantitative estimate of drug-likeness (QED) is 0.746. The smallest absolute Gasteiger partial charge is 0.320 e. The van der Waals surface area contributed by atoms with Crippen LogP contribution < -0.4 is 10.9 Å². The average Bonchev–Trinajstić information content (AvgIpc) is 3.08. The van der Waals surface area contributed by atoms with Crippen LogP contribution in [0.15, 0.2) is 46.7 Å². The lowest BCUT2D eigenvalue weighted by Crippen LogP contribution is -2.42. The lowest BCUT2D eigenvalue weighted by molar-refractivity contribution is 0.205. The van der Waals surface area contributed by atoms with Gasteiger partial charge in [-0.15, -0.1) is 11.3 Å². The predicted octanol–water partition coefficient (Wildman–Crippen LogP) is 2.35. The molecule has 1 N–H and O–H groups in total. The minimum atomic E-state index is -0.185. The molecule has 0 aromatic carbocycles. The number of pyridine rings is 1. The van der Waals surface area contributed by atoms with Gasteiger partial charge in [0, 0.05) is 19.2 Å². The summed E-state index contributed by atoms with van der Waals surface area (Å²) in [5, 5.41) is 5.56. The Morgan fingerprint density at radius 2 is 2.17 bits per heavy atom. The maximum absolute atomic E-state index is 12.6. The van der Waals surface area contributed by atoms with Crippen molar-refractivity contribution in [1.82, 2.24) is 14.3 Å². The summed E-state index contributed by atoms with van der Waals surface area (Å²) in [5.74, 6) is 0. The van der Waals surface area contributed by atoms with Crippen LogP contribution in [-0.2, 0) is 13.0 Å². The Hall–Kier alpha value is -2.67. The average molecular weight is 326 g/mol. The third kappa shape index (κ3) is 2.49. The van der Waals surface area contributed by atoms with Crippen LogP contribution in [-0.4, -0.2) is 26.9 Å². The van der Waals surface area contributed by atoms with E-state index in [9.17, 15) is 9.59 Å². The van der Waals surface area contributed by atoms with Gasteiger partial charge in [0.15, 0.2) is 0 Å². The molecule has 0 unspecified atom stereocenters. The number of thiophene rings is 1. The zero-order valence-electron chi connectivity index (χ0n) is 12.2. The van der Waals surface area contributed by atoms with E-state index >= 15 is 0 Å². The van der Waals surface area contributed by atoms with E-state index in [1.807, 2.05) is 29.6 Å². The van der Waals surface area contributed by atoms with Crippen LogP contribution in [0, 0.1) is 0 Å². The molecule has 6 nitrogen and oxygen atoms in total. The molecule has 3 aromatic rings. The lowest BCUT2D eigenvalue weighted by atomic mass is 10.1. The standard InChI is InChI=1S/C16H14N4O2S/c21-15-11-10-19(16(22)18-14-5-3-9-23-14)8-6-12(11)17-13-4-1-2-7-20(13)15/h1-5,7,9H,6,8,10H2,(H,18,22). The summed E-state index contributed by atoms with van der Waals surface area (Å²) in [6, 6.07) is 9.02. The maximum Gasteiger partial charge on any atom is 0.322 e. The summed E-state index contributed by atoms with van der Waals surface area (Å²) in [5.41, 5.74) is 1.94. The minimum Gasteiger partial charge on any atom is -0.320 e. The van der Waals surface area contributed by atoms with Crippen LogP contribution in [0.4, 0.5) is 9.80 Å². The van der Waals surface area contributed by atoms with Crippen molar-refractivity contribution in [2.45, 2.75) is 13.0 Å². The molecular weight excluding hydrogens is 312 g/mol. The van der Waals surface area contributed by atoms with Gasteiger partial charge in [-0.1, -0.05) is 6.07 Å². The summed E-state index contributed by atoms with van der Waals surface area (Å²) in [4.78, 5) is 31.2. The number of nitrogens with one attached hydrogen (secondary N) is 1. The highest BCUT2D eigenvalue weighted by Crippen LogP contribution is 2.19. The Balaban J connectivity index is 1.65. The highest BCUT2D eigenvalue weighted by molar-refractivity contribution is 7.14. The van der Waals surface area contributed by atoms with Crippen molar-refractivity contribution in [3.8, 4) is 0 Å². The van der Waals surface area contributed by atoms with E-state index < -0.39 is 0 Å². The number of aromatic nitrogens is 2. The first-order valence-electron chi connectivity index (χ1n) is 7.31. The third-order valence-electron chi connectivity index (χ3n) is 3.92. The number of hydrogen-bond donors (Lipinski definition) is 1. The van der Waals surface area contributed by atoms with Crippen LogP contribution in [0.3, 0.4) is 0 Å². The monoisotopic (exact) mass is 326 g/mol. The molecule has 0 saturated heterocycles. The summed E-state index contributed by atoms with van der Waals surface area (Å²) in [6.07, 6.45) is 2.30. The fourth-order valence-corrected chi connectivity index (χ4v) is 3.36. The van der Waals surface area contributed by atoms with Gasteiger partial charge < -0.3 is 4.90 Å². The van der Waals surface area contributed by atoms with Crippen molar-refractivity contribution in [1.29, 1.82) is 0 Å². The molecule has 7 heteroatoms. The molecule has 0 bridgehead atoms. The van der Waals surface area contributed by atoms with E-state index in [0.29, 0.717) is 24.2 Å². The van der Waals surface area contributed by atoms with Crippen molar-refractivity contribution in [3.63, 3.8) is 0 Å². The molecule has 3 aromatic heterocycles. The van der Waals surface area contributed by atoms with Crippen LogP contribution in [0.5, 0.6) is 0 Å². The second-order valence-electron chi connectivity index (χ2n) is 5.35. The van der Waals surface area contributed by atoms with Crippen LogP contribution in [0.25, 0.3) is 5.65 Å². The van der Waals surface area contributed by atoms with Gasteiger partial charge in [-0.25, -0.2) is 9.78 Å². The van der Waals surface area contributed by atoms with E-state index in [0.717, 1.165) is 10.7 Å². The van der Waals surface area contributed by atoms with E-state index in [1.54, 1.807) is 17.2 Å². The SMILES string of the molecule is O=C(Nc1cccs1)N1CCc2nc3ccccn3c(=O)c2C1. The highest BCUT2D eigenvalue weighted by Gasteiger charge is 2.25. The van der Waals surface area contributed by atoms with Crippen molar-refractivity contribution in [2.24, 2.45) is 0 Å². The number of amides is 2. The topological polar surface area (TPSA) is 66.7 Å². The minimum absolute atomic E-state index is 0.0979. The lowest BCUT2D eigenvalue weighted by Gasteiger charge is -2.27. The number of hydrogen-bond acceptors (Lipinski definition) is 4. The molecule has 0 aliphatic carbocycles. The number of nitrogens with zero attached hydrogens (tertiary/aromatic N) is 3. The van der Waals surface area contributed by atoms with Crippen molar-refractivity contribution in [2.75, 3.05) is 11.9 Å². The second kappa shape index (κ2) is 5.51. The van der Waals surface area contributed by atoms with Gasteiger partial charge >= 0.3 is 6.03 Å². The molecule has 116 valence electrons. The fraction of sp³-hybridized carbons (Fsp3) is 0.188. The number of anilines is 1. The van der Waals surface area contributed by atoms with Gasteiger partial charge in [0.05, 0.1) is 22.8 Å². The Morgan fingerprint density at radius 1 is 1.26 bits per heavy atom. The number of urea groups is 1. The molecule has 0 spiro atoms. The number of carbonyl (C=O) groups excluding carboxylic acids is 1. The van der Waals surface area contributed by atoms with Gasteiger partial charge in [-0.05, 0) is 29.6 Å². The van der Waals surface area contributed by atoms with E-state index in [2.05, 4.69) is 10.3 Å². The molecule has 0 saturated carbocycles. The molecule has 1 aliphatic heterocycles. The largest absolute Gasteiger partial charge is 0.322 e. The zero-order valence-corrected chi connectivity index (χ0v) is 13.0. The molecule has 0 fully saturated rings. The van der Waals surface area contributed by atoms with Gasteiger partial charge in [-0.3, -0.25) is 14.5 Å². The first-order valence-corrected chi connectivity index (χ1v) is 8.19. The van der Waals surface area contributed by atoms with E-state index in [4.69, 9.17) is 0 Å². The van der Waals surface area contributed by atoms with Crippen LogP contribution >= 0.6 is 11.3 Å². The van der Waals surface area contributed by atoms with Gasteiger partial charge in [0.25, 0.3) is 5.56 Å². The van der Waals surface area contributed by atoms with Gasteiger partial charge in [0.1, 0.15) is 5.65 Å². The molecular formula is C16H14N4O2S. The molecule has 4 rings (SSSR count). The maximum atomic E-state index is 12.6. The van der Waals surface area contributed by atoms with E-state index in [1.165, 1.54) is 15.7 Å². The molecule has 0 atom stereocenters. The van der Waals surface area contributed by atoms with Crippen molar-refractivity contribution >= 4 is 28.0 Å². The fourth-order valence-electron chi connectivity index (χ4n) is 2.76. The first kappa shape index (κ1) is 14.0. The number of rotatable bonds is 1. The van der Waals surface area contributed by atoms with Crippen LogP contribution in [0.2, 0.25) is 0 Å². The van der Waals surface area contributed by atoms with Crippen molar-refractivity contribution < 1.29 is 4.79 Å². The number of fused-ring (bicyclic) bond motifs is 2. The Bertz CT molecular complexity index is 933. The predicted molar refractivity (Wildman–Crippen MR) is 88.9 cm³/mol. The molecule has 1 aliphatic rings. The number of carbonyl (C=O) groups is 1. The van der Waals surface area contributed by atoms with Crippen LogP contribution in [0.1, 0.15) is 11.3 Å². The molecule has 4 heterocycles. The first-order chi connectivity index (χ1) is 11.2. The van der Waals surface area contributed by atoms with Gasteiger partial charge in [0.2, 0.25) is 0 Å². The molecule has 2 amide bonds. The molecule has 23 heavy (non-hydrogen) atoms. The molecule has 0 radical (unpaired) electrons.